The lowest BCUT2D eigenvalue weighted by Gasteiger charge is -2.15. The summed E-state index contributed by atoms with van der Waals surface area (Å²) in [7, 11) is 1.63. The number of halogens is 2. The van der Waals surface area contributed by atoms with E-state index in [-0.39, 0.29) is 5.91 Å². The lowest BCUT2D eigenvalue weighted by atomic mass is 10.1. The summed E-state index contributed by atoms with van der Waals surface area (Å²) in [6, 6.07) is 19.5. The van der Waals surface area contributed by atoms with Crippen molar-refractivity contribution in [1.29, 1.82) is 0 Å². The monoisotopic (exact) mass is 692 g/mol. The van der Waals surface area contributed by atoms with Crippen molar-refractivity contribution < 1.29 is 19.0 Å². The molecule has 0 unspecified atom stereocenters. The van der Waals surface area contributed by atoms with Gasteiger partial charge in [0.25, 0.3) is 5.91 Å². The molecule has 37 heavy (non-hydrogen) atoms. The van der Waals surface area contributed by atoms with Gasteiger partial charge < -0.3 is 14.2 Å². The van der Waals surface area contributed by atoms with Crippen LogP contribution in [0.1, 0.15) is 25.0 Å². The Labute approximate surface area is 243 Å². The molecule has 1 fully saturated rings. The van der Waals surface area contributed by atoms with Gasteiger partial charge in [0, 0.05) is 10.1 Å². The van der Waals surface area contributed by atoms with E-state index in [0.717, 1.165) is 27.0 Å². The van der Waals surface area contributed by atoms with Crippen molar-refractivity contribution in [3.05, 3.63) is 84.7 Å². The predicted molar refractivity (Wildman–Crippen MR) is 162 cm³/mol. The number of ether oxygens (including phenoxy) is 3. The number of benzene rings is 3. The van der Waals surface area contributed by atoms with Gasteiger partial charge in [-0.1, -0.05) is 12.1 Å². The first-order valence-corrected chi connectivity index (χ1v) is 14.4. The number of likely N-dealkylation sites (N-methyl/N-ethyl adjacent to an activating group) is 1. The molecule has 0 atom stereocenters. The topological polar surface area (TPSA) is 60.4 Å². The molecule has 1 saturated heterocycles. The van der Waals surface area contributed by atoms with Crippen LogP contribution in [0.25, 0.3) is 6.08 Å². The summed E-state index contributed by atoms with van der Waals surface area (Å²) >= 11 is 7.28. The first kappa shape index (κ1) is 27.5. The van der Waals surface area contributed by atoms with Crippen LogP contribution in [0.2, 0.25) is 0 Å². The maximum absolute atomic E-state index is 13.2. The average Bonchev–Trinajstić information content (AvgIpc) is 3.18. The summed E-state index contributed by atoms with van der Waals surface area (Å²) in [6.45, 7) is 5.30. The smallest absolute Gasteiger partial charge is 0.266 e. The first-order valence-electron chi connectivity index (χ1n) is 11.7. The molecule has 0 saturated carbocycles. The number of methoxy groups -OCH3 is 1. The highest BCUT2D eigenvalue weighted by Gasteiger charge is 2.32. The van der Waals surface area contributed by atoms with Crippen molar-refractivity contribution in [2.75, 3.05) is 20.3 Å². The highest BCUT2D eigenvalue weighted by molar-refractivity contribution is 14.1. The Kier molecular flexibility index (Phi) is 9.55. The molecule has 3 aromatic rings. The number of carbonyl (C=O) groups excluding carboxylic acids is 1. The lowest BCUT2D eigenvalue weighted by molar-refractivity contribution is -0.122. The summed E-state index contributed by atoms with van der Waals surface area (Å²) in [6.07, 6.45) is 1.86. The van der Waals surface area contributed by atoms with Gasteiger partial charge in [0.2, 0.25) is 0 Å². The SMILES string of the molecule is CCOc1cc(/C=C2/SC(=Nc3ccc(OC)cc3)N(CC)C2=O)cc(Br)c1OCc1ccc(I)cc1. The Bertz CT molecular complexity index is 1330. The van der Waals surface area contributed by atoms with Gasteiger partial charge in [-0.15, -0.1) is 0 Å². The number of hydrogen-bond acceptors (Lipinski definition) is 6. The van der Waals surface area contributed by atoms with Gasteiger partial charge in [-0.05, 0) is 130 Å². The van der Waals surface area contributed by atoms with Gasteiger partial charge in [0.05, 0.1) is 28.8 Å². The van der Waals surface area contributed by atoms with Gasteiger partial charge in [-0.3, -0.25) is 9.69 Å². The van der Waals surface area contributed by atoms with E-state index < -0.39 is 0 Å². The van der Waals surface area contributed by atoms with Gasteiger partial charge in [0.1, 0.15) is 12.4 Å². The number of carbonyl (C=O) groups is 1. The third-order valence-corrected chi connectivity index (χ3v) is 7.74. The quantitative estimate of drug-likeness (QED) is 0.170. The third-order valence-electron chi connectivity index (χ3n) is 5.43. The summed E-state index contributed by atoms with van der Waals surface area (Å²) in [5.74, 6) is 1.93. The van der Waals surface area contributed by atoms with E-state index in [1.807, 2.05) is 68.5 Å². The van der Waals surface area contributed by atoms with Crippen molar-refractivity contribution in [3.8, 4) is 17.2 Å². The Balaban J connectivity index is 1.59. The van der Waals surface area contributed by atoms with Crippen molar-refractivity contribution in [3.63, 3.8) is 0 Å². The maximum Gasteiger partial charge on any atom is 0.266 e. The first-order chi connectivity index (χ1) is 17.9. The number of thioether (sulfide) groups is 1. The van der Waals surface area contributed by atoms with Crippen LogP contribution in [-0.2, 0) is 11.4 Å². The van der Waals surface area contributed by atoms with E-state index in [2.05, 4.69) is 50.7 Å². The summed E-state index contributed by atoms with van der Waals surface area (Å²) in [4.78, 5) is 20.1. The second-order valence-corrected chi connectivity index (χ2v) is 11.0. The predicted octanol–water partition coefficient (Wildman–Crippen LogP) is 7.66. The minimum Gasteiger partial charge on any atom is -0.497 e. The normalized spacial score (nSPS) is 15.5. The number of aliphatic imine (C=N–C) groups is 1. The minimum atomic E-state index is -0.0760. The van der Waals surface area contributed by atoms with Gasteiger partial charge >= 0.3 is 0 Å². The molecule has 1 aliphatic heterocycles. The molecule has 0 aromatic heterocycles. The second kappa shape index (κ2) is 12.8. The average molecular weight is 693 g/mol. The number of amides is 1. The van der Waals surface area contributed by atoms with Gasteiger partial charge in [0.15, 0.2) is 16.7 Å². The molecule has 0 aliphatic carbocycles. The lowest BCUT2D eigenvalue weighted by Crippen LogP contribution is -2.28. The fraction of sp³-hybridized carbons (Fsp3) is 0.214. The second-order valence-electron chi connectivity index (χ2n) is 7.93. The fourth-order valence-electron chi connectivity index (χ4n) is 3.60. The molecular weight excluding hydrogens is 667 g/mol. The van der Waals surface area contributed by atoms with Crippen molar-refractivity contribution >= 4 is 73.1 Å². The van der Waals surface area contributed by atoms with E-state index in [4.69, 9.17) is 19.2 Å². The maximum atomic E-state index is 13.2. The molecule has 0 radical (unpaired) electrons. The van der Waals surface area contributed by atoms with Gasteiger partial charge in [-0.25, -0.2) is 4.99 Å². The Morgan fingerprint density at radius 3 is 2.43 bits per heavy atom. The van der Waals surface area contributed by atoms with E-state index in [1.165, 1.54) is 15.3 Å². The molecule has 0 spiro atoms. The summed E-state index contributed by atoms with van der Waals surface area (Å²) in [5, 5.41) is 0.644. The zero-order valence-corrected chi connectivity index (χ0v) is 25.2. The van der Waals surface area contributed by atoms with Crippen LogP contribution in [0, 0.1) is 3.57 Å². The van der Waals surface area contributed by atoms with Crippen LogP contribution in [0.3, 0.4) is 0 Å². The molecule has 9 heteroatoms. The molecule has 4 rings (SSSR count). The fourth-order valence-corrected chi connectivity index (χ4v) is 5.60. The molecule has 0 N–H and O–H groups in total. The Morgan fingerprint density at radius 2 is 1.78 bits per heavy atom. The third kappa shape index (κ3) is 6.88. The van der Waals surface area contributed by atoms with Crippen LogP contribution in [0.15, 0.2) is 75.0 Å². The zero-order chi connectivity index (χ0) is 26.4. The minimum absolute atomic E-state index is 0.0760. The van der Waals surface area contributed by atoms with Crippen LogP contribution in [0.5, 0.6) is 17.2 Å². The van der Waals surface area contributed by atoms with Gasteiger partial charge in [-0.2, -0.15) is 0 Å². The molecule has 1 heterocycles. The molecular formula is C28H26BrIN2O4S. The van der Waals surface area contributed by atoms with E-state index in [9.17, 15) is 4.79 Å². The molecule has 192 valence electrons. The summed E-state index contributed by atoms with van der Waals surface area (Å²) < 4.78 is 19.2. The van der Waals surface area contributed by atoms with E-state index in [1.54, 1.807) is 12.0 Å². The van der Waals surface area contributed by atoms with Crippen LogP contribution in [-0.4, -0.2) is 36.2 Å². The number of rotatable bonds is 9. The highest BCUT2D eigenvalue weighted by atomic mass is 127. The van der Waals surface area contributed by atoms with Crippen LogP contribution in [0.4, 0.5) is 5.69 Å². The number of amidine groups is 1. The molecule has 0 bridgehead atoms. The number of hydrogen-bond donors (Lipinski definition) is 0. The summed E-state index contributed by atoms with van der Waals surface area (Å²) in [5.41, 5.74) is 2.65. The van der Waals surface area contributed by atoms with Crippen molar-refractivity contribution in [1.82, 2.24) is 4.90 Å². The zero-order valence-electron chi connectivity index (χ0n) is 20.7. The van der Waals surface area contributed by atoms with E-state index >= 15 is 0 Å². The standard InChI is InChI=1S/C28H26BrIN2O4S/c1-4-32-27(33)25(37-28(32)31-21-10-12-22(34-3)13-11-21)16-19-14-23(29)26(24(15-19)35-5-2)36-17-18-6-8-20(30)9-7-18/h6-16H,4-5,17H2,1-3H3/b25-16+,31-28?. The molecule has 3 aromatic carbocycles. The largest absolute Gasteiger partial charge is 0.497 e. The van der Waals surface area contributed by atoms with Crippen molar-refractivity contribution in [2.45, 2.75) is 20.5 Å². The highest BCUT2D eigenvalue weighted by Crippen LogP contribution is 2.40. The van der Waals surface area contributed by atoms with Crippen LogP contribution < -0.4 is 14.2 Å². The Hall–Kier alpha value is -2.50. The Morgan fingerprint density at radius 1 is 1.05 bits per heavy atom. The van der Waals surface area contributed by atoms with Crippen LogP contribution >= 0.6 is 50.3 Å². The number of nitrogens with zero attached hydrogens (tertiary/aromatic N) is 2. The molecule has 6 nitrogen and oxygen atoms in total. The van der Waals surface area contributed by atoms with Crippen molar-refractivity contribution in [2.24, 2.45) is 4.99 Å². The molecule has 1 aliphatic rings. The van der Waals surface area contributed by atoms with E-state index in [0.29, 0.717) is 41.3 Å². The molecule has 1 amide bonds.